The summed E-state index contributed by atoms with van der Waals surface area (Å²) in [5.41, 5.74) is 1.66. The van der Waals surface area contributed by atoms with Crippen molar-refractivity contribution in [3.05, 3.63) is 23.4 Å². The zero-order chi connectivity index (χ0) is 12.7. The van der Waals surface area contributed by atoms with Crippen LogP contribution in [0.4, 0.5) is 0 Å². The Morgan fingerprint density at radius 1 is 1.29 bits per heavy atom. The van der Waals surface area contributed by atoms with E-state index in [0.29, 0.717) is 25.0 Å². The van der Waals surface area contributed by atoms with Crippen molar-refractivity contribution in [1.82, 2.24) is 4.98 Å². The smallest absolute Gasteiger partial charge is 0.213 e. The van der Waals surface area contributed by atoms with E-state index in [9.17, 15) is 0 Å². The highest BCUT2D eigenvalue weighted by Gasteiger charge is 2.01. The highest BCUT2D eigenvalue weighted by atomic mass is 16.5. The maximum atomic E-state index is 9.05. The third-order valence-electron chi connectivity index (χ3n) is 2.10. The summed E-state index contributed by atoms with van der Waals surface area (Å²) in [5, 5.41) is 9.05. The number of aromatic nitrogens is 1. The van der Waals surface area contributed by atoms with E-state index in [1.807, 2.05) is 13.0 Å². The first-order valence-corrected chi connectivity index (χ1v) is 5.90. The molecule has 1 aromatic heterocycles. The van der Waals surface area contributed by atoms with Gasteiger partial charge in [0.1, 0.15) is 6.61 Å². The fourth-order valence-corrected chi connectivity index (χ4v) is 1.40. The number of pyridine rings is 1. The third-order valence-corrected chi connectivity index (χ3v) is 2.10. The van der Waals surface area contributed by atoms with Crippen LogP contribution in [0.3, 0.4) is 0 Å². The molecular weight excluding hydrogens is 218 g/mol. The van der Waals surface area contributed by atoms with Crippen molar-refractivity contribution in [2.45, 2.75) is 27.4 Å². The summed E-state index contributed by atoms with van der Waals surface area (Å²) in [6.07, 6.45) is 0. The largest absolute Gasteiger partial charge is 0.475 e. The van der Waals surface area contributed by atoms with E-state index < -0.39 is 0 Å². The standard InChI is InChI=1S/C13H21NO3/c1-10(2)9-16-4-5-17-13-7-12(8-15)6-11(3)14-13/h6-7,10,15H,4-5,8-9H2,1-3H3. The summed E-state index contributed by atoms with van der Waals surface area (Å²) in [7, 11) is 0. The molecule has 0 spiro atoms. The molecule has 0 fully saturated rings. The second-order valence-corrected chi connectivity index (χ2v) is 4.43. The van der Waals surface area contributed by atoms with Crippen molar-refractivity contribution < 1.29 is 14.6 Å². The van der Waals surface area contributed by atoms with Gasteiger partial charge in [0.2, 0.25) is 5.88 Å². The molecule has 4 nitrogen and oxygen atoms in total. The van der Waals surface area contributed by atoms with Crippen molar-refractivity contribution >= 4 is 0 Å². The minimum atomic E-state index is 0.00354. The van der Waals surface area contributed by atoms with Gasteiger partial charge in [-0.3, -0.25) is 0 Å². The number of aliphatic hydroxyl groups is 1. The number of nitrogens with zero attached hydrogens (tertiary/aromatic N) is 1. The molecule has 17 heavy (non-hydrogen) atoms. The molecule has 0 amide bonds. The molecule has 4 heteroatoms. The Labute approximate surface area is 103 Å². The molecule has 1 heterocycles. The van der Waals surface area contributed by atoms with Crippen molar-refractivity contribution in [1.29, 1.82) is 0 Å². The molecule has 0 aliphatic carbocycles. The monoisotopic (exact) mass is 239 g/mol. The van der Waals surface area contributed by atoms with Crippen LogP contribution in [0.15, 0.2) is 12.1 Å². The Morgan fingerprint density at radius 3 is 2.71 bits per heavy atom. The second-order valence-electron chi connectivity index (χ2n) is 4.43. The summed E-state index contributed by atoms with van der Waals surface area (Å²) < 4.78 is 10.9. The topological polar surface area (TPSA) is 51.6 Å². The first-order chi connectivity index (χ1) is 8.11. The van der Waals surface area contributed by atoms with Gasteiger partial charge in [0.15, 0.2) is 0 Å². The lowest BCUT2D eigenvalue weighted by atomic mass is 10.2. The Hall–Kier alpha value is -1.13. The lowest BCUT2D eigenvalue weighted by molar-refractivity contribution is 0.0805. The van der Waals surface area contributed by atoms with Crippen molar-refractivity contribution in [2.24, 2.45) is 5.92 Å². The van der Waals surface area contributed by atoms with Crippen LogP contribution < -0.4 is 4.74 Å². The zero-order valence-corrected chi connectivity index (χ0v) is 10.8. The first kappa shape index (κ1) is 13.9. The average Bonchev–Trinajstić information content (AvgIpc) is 2.27. The van der Waals surface area contributed by atoms with Crippen molar-refractivity contribution in [2.75, 3.05) is 19.8 Å². The van der Waals surface area contributed by atoms with Gasteiger partial charge in [-0.25, -0.2) is 4.98 Å². The minimum absolute atomic E-state index is 0.00354. The zero-order valence-electron chi connectivity index (χ0n) is 10.8. The Morgan fingerprint density at radius 2 is 2.06 bits per heavy atom. The van der Waals surface area contributed by atoms with Gasteiger partial charge in [-0.1, -0.05) is 13.8 Å². The normalized spacial score (nSPS) is 10.9. The molecule has 1 aromatic rings. The Kier molecular flexibility index (Phi) is 5.94. The number of rotatable bonds is 7. The highest BCUT2D eigenvalue weighted by molar-refractivity contribution is 5.23. The van der Waals surface area contributed by atoms with Gasteiger partial charge in [-0.15, -0.1) is 0 Å². The lowest BCUT2D eigenvalue weighted by Gasteiger charge is -2.09. The van der Waals surface area contributed by atoms with Gasteiger partial charge in [0.25, 0.3) is 0 Å². The van der Waals surface area contributed by atoms with Crippen molar-refractivity contribution in [3.8, 4) is 5.88 Å². The van der Waals surface area contributed by atoms with Gasteiger partial charge in [0, 0.05) is 18.4 Å². The Balaban J connectivity index is 2.33. The maximum absolute atomic E-state index is 9.05. The number of hydrogen-bond acceptors (Lipinski definition) is 4. The van der Waals surface area contributed by atoms with E-state index in [1.54, 1.807) is 6.07 Å². The first-order valence-electron chi connectivity index (χ1n) is 5.90. The molecule has 0 saturated carbocycles. The van der Waals surface area contributed by atoms with Crippen LogP contribution in [0.5, 0.6) is 5.88 Å². The van der Waals surface area contributed by atoms with Gasteiger partial charge < -0.3 is 14.6 Å². The molecule has 0 bridgehead atoms. The summed E-state index contributed by atoms with van der Waals surface area (Å²) >= 11 is 0. The van der Waals surface area contributed by atoms with Gasteiger partial charge in [-0.2, -0.15) is 0 Å². The molecule has 0 aliphatic rings. The SMILES string of the molecule is Cc1cc(CO)cc(OCCOCC(C)C)n1. The van der Waals surface area contributed by atoms with Crippen molar-refractivity contribution in [3.63, 3.8) is 0 Å². The molecule has 96 valence electrons. The third kappa shape index (κ3) is 5.65. The Bertz CT molecular complexity index is 339. The van der Waals surface area contributed by atoms with Crippen LogP contribution in [0.1, 0.15) is 25.1 Å². The van der Waals surface area contributed by atoms with E-state index in [1.165, 1.54) is 0 Å². The summed E-state index contributed by atoms with van der Waals surface area (Å²) in [6, 6.07) is 3.58. The van der Waals surface area contributed by atoms with Crippen LogP contribution in [-0.4, -0.2) is 29.9 Å². The van der Waals surface area contributed by atoms with Crippen LogP contribution in [0.25, 0.3) is 0 Å². The molecule has 0 radical (unpaired) electrons. The van der Waals surface area contributed by atoms with Crippen LogP contribution in [-0.2, 0) is 11.3 Å². The molecule has 1 rings (SSSR count). The average molecular weight is 239 g/mol. The quantitative estimate of drug-likeness (QED) is 0.739. The van der Waals surface area contributed by atoms with Gasteiger partial charge in [-0.05, 0) is 24.5 Å². The molecule has 0 aromatic carbocycles. The second kappa shape index (κ2) is 7.25. The van der Waals surface area contributed by atoms with Crippen LogP contribution in [0.2, 0.25) is 0 Å². The molecule has 0 unspecified atom stereocenters. The molecule has 0 atom stereocenters. The summed E-state index contributed by atoms with van der Waals surface area (Å²) in [6.45, 7) is 7.88. The predicted octanol–water partition coefficient (Wildman–Crippen LogP) is 1.93. The molecule has 0 saturated heterocycles. The fraction of sp³-hybridized carbons (Fsp3) is 0.615. The van der Waals surface area contributed by atoms with Gasteiger partial charge in [0.05, 0.1) is 13.2 Å². The number of aliphatic hydroxyl groups excluding tert-OH is 1. The summed E-state index contributed by atoms with van der Waals surface area (Å²) in [5.74, 6) is 1.08. The van der Waals surface area contributed by atoms with E-state index in [4.69, 9.17) is 14.6 Å². The lowest BCUT2D eigenvalue weighted by Crippen LogP contribution is -2.11. The predicted molar refractivity (Wildman–Crippen MR) is 66.0 cm³/mol. The number of ether oxygens (including phenoxy) is 2. The van der Waals surface area contributed by atoms with E-state index in [0.717, 1.165) is 17.9 Å². The number of aryl methyl sites for hydroxylation is 1. The minimum Gasteiger partial charge on any atom is -0.475 e. The highest BCUT2D eigenvalue weighted by Crippen LogP contribution is 2.12. The van der Waals surface area contributed by atoms with Crippen LogP contribution >= 0.6 is 0 Å². The number of hydrogen-bond donors (Lipinski definition) is 1. The fourth-order valence-electron chi connectivity index (χ4n) is 1.40. The van der Waals surface area contributed by atoms with Gasteiger partial charge >= 0.3 is 0 Å². The van der Waals surface area contributed by atoms with E-state index >= 15 is 0 Å². The molecule has 1 N–H and O–H groups in total. The summed E-state index contributed by atoms with van der Waals surface area (Å²) in [4.78, 5) is 4.23. The molecular formula is C13H21NO3. The molecule has 0 aliphatic heterocycles. The maximum Gasteiger partial charge on any atom is 0.213 e. The van der Waals surface area contributed by atoms with Crippen LogP contribution in [0, 0.1) is 12.8 Å². The van der Waals surface area contributed by atoms with E-state index in [-0.39, 0.29) is 6.61 Å². The van der Waals surface area contributed by atoms with E-state index in [2.05, 4.69) is 18.8 Å².